The number of piperidine rings is 1. The Morgan fingerprint density at radius 1 is 1.50 bits per heavy atom. The van der Waals surface area contributed by atoms with Gasteiger partial charge < -0.3 is 5.73 Å². The second-order valence-corrected chi connectivity index (χ2v) is 5.15. The average molecular weight is 206 g/mol. The fourth-order valence-corrected chi connectivity index (χ4v) is 1.83. The van der Waals surface area contributed by atoms with Crippen LogP contribution in [-0.2, 0) is 0 Å². The molecule has 0 amide bonds. The molecule has 1 saturated heterocycles. The van der Waals surface area contributed by atoms with Crippen LogP contribution in [0.4, 0.5) is 8.78 Å². The molecule has 0 aromatic rings. The van der Waals surface area contributed by atoms with E-state index in [4.69, 9.17) is 5.73 Å². The molecule has 4 heteroatoms. The normalized spacial score (nSPS) is 29.1. The van der Waals surface area contributed by atoms with Crippen LogP contribution < -0.4 is 5.73 Å². The van der Waals surface area contributed by atoms with E-state index in [-0.39, 0.29) is 6.54 Å². The highest BCUT2D eigenvalue weighted by molar-refractivity contribution is 4.87. The minimum Gasteiger partial charge on any atom is -0.324 e. The molecule has 1 unspecified atom stereocenters. The Morgan fingerprint density at radius 2 is 2.07 bits per heavy atom. The lowest BCUT2D eigenvalue weighted by Gasteiger charge is -2.39. The molecule has 2 N–H and O–H groups in total. The Kier molecular flexibility index (Phi) is 3.17. The number of nitrogens with zero attached hydrogens (tertiary/aromatic N) is 1. The van der Waals surface area contributed by atoms with E-state index in [1.165, 1.54) is 0 Å². The third kappa shape index (κ3) is 3.17. The van der Waals surface area contributed by atoms with Crippen molar-refractivity contribution in [1.82, 2.24) is 4.90 Å². The van der Waals surface area contributed by atoms with Gasteiger partial charge in [0.25, 0.3) is 5.92 Å². The molecular weight excluding hydrogens is 186 g/mol. The van der Waals surface area contributed by atoms with Gasteiger partial charge in [0.1, 0.15) is 0 Å². The van der Waals surface area contributed by atoms with E-state index < -0.39 is 17.4 Å². The number of hydrogen-bond acceptors (Lipinski definition) is 2. The number of hydrogen-bond donors (Lipinski definition) is 1. The van der Waals surface area contributed by atoms with Crippen LogP contribution in [0.5, 0.6) is 0 Å². The Bertz CT molecular complexity index is 199. The van der Waals surface area contributed by atoms with Gasteiger partial charge in [-0.05, 0) is 26.8 Å². The van der Waals surface area contributed by atoms with Crippen molar-refractivity contribution in [2.75, 3.05) is 19.6 Å². The third-order valence-corrected chi connectivity index (χ3v) is 2.66. The first-order valence-corrected chi connectivity index (χ1v) is 5.10. The van der Waals surface area contributed by atoms with Crippen molar-refractivity contribution in [3.63, 3.8) is 0 Å². The number of nitrogens with two attached hydrogens (primary N) is 1. The highest BCUT2D eigenvalue weighted by Crippen LogP contribution is 2.32. The zero-order valence-electron chi connectivity index (χ0n) is 9.19. The molecule has 0 aromatic heterocycles. The largest absolute Gasteiger partial charge is 0.324 e. The first-order chi connectivity index (χ1) is 6.21. The smallest absolute Gasteiger partial charge is 0.263 e. The summed E-state index contributed by atoms with van der Waals surface area (Å²) < 4.78 is 26.7. The number of rotatable bonds is 2. The molecule has 0 aromatic carbocycles. The first-order valence-electron chi connectivity index (χ1n) is 5.10. The molecule has 84 valence electrons. The van der Waals surface area contributed by atoms with Gasteiger partial charge in [0.15, 0.2) is 0 Å². The van der Waals surface area contributed by atoms with Crippen LogP contribution in [0, 0.1) is 5.92 Å². The fraction of sp³-hybridized carbons (Fsp3) is 1.00. The number of halogens is 2. The van der Waals surface area contributed by atoms with Crippen molar-refractivity contribution in [1.29, 1.82) is 0 Å². The molecular formula is C10H20F2N2. The Labute approximate surface area is 84.4 Å². The minimum absolute atomic E-state index is 0.144. The summed E-state index contributed by atoms with van der Waals surface area (Å²) in [5.74, 6) is -3.05. The van der Waals surface area contributed by atoms with E-state index in [1.807, 2.05) is 13.8 Å². The molecule has 1 atom stereocenters. The Morgan fingerprint density at radius 3 is 2.50 bits per heavy atom. The summed E-state index contributed by atoms with van der Waals surface area (Å²) in [6.45, 7) is 6.47. The van der Waals surface area contributed by atoms with Crippen molar-refractivity contribution in [2.45, 2.75) is 38.7 Å². The topological polar surface area (TPSA) is 29.3 Å². The fourth-order valence-electron chi connectivity index (χ4n) is 1.83. The van der Waals surface area contributed by atoms with Gasteiger partial charge >= 0.3 is 0 Å². The molecule has 2 nitrogen and oxygen atoms in total. The highest BCUT2D eigenvalue weighted by atomic mass is 19.3. The van der Waals surface area contributed by atoms with Crippen LogP contribution in [0.25, 0.3) is 0 Å². The van der Waals surface area contributed by atoms with Crippen molar-refractivity contribution in [3.05, 3.63) is 0 Å². The minimum atomic E-state index is -2.55. The molecule has 0 spiro atoms. The van der Waals surface area contributed by atoms with Crippen LogP contribution in [0.15, 0.2) is 0 Å². The lowest BCUT2D eigenvalue weighted by molar-refractivity contribution is -0.107. The van der Waals surface area contributed by atoms with Gasteiger partial charge in [-0.1, -0.05) is 6.92 Å². The van der Waals surface area contributed by atoms with E-state index >= 15 is 0 Å². The van der Waals surface area contributed by atoms with Gasteiger partial charge in [-0.2, -0.15) is 0 Å². The molecule has 14 heavy (non-hydrogen) atoms. The van der Waals surface area contributed by atoms with Gasteiger partial charge in [0.2, 0.25) is 0 Å². The SMILES string of the molecule is CC1CCN(CC(C)(C)N)CC1(F)F. The van der Waals surface area contributed by atoms with E-state index in [0.29, 0.717) is 13.0 Å². The van der Waals surface area contributed by atoms with Gasteiger partial charge in [-0.3, -0.25) is 4.90 Å². The molecule has 0 aliphatic carbocycles. The predicted molar refractivity (Wildman–Crippen MR) is 53.4 cm³/mol. The third-order valence-electron chi connectivity index (χ3n) is 2.66. The maximum absolute atomic E-state index is 13.3. The Hall–Kier alpha value is -0.220. The standard InChI is InChI=1S/C10H20F2N2/c1-8-4-5-14(6-9(2,3)13)7-10(8,11)12/h8H,4-7,13H2,1-3H3. The lowest BCUT2D eigenvalue weighted by atomic mass is 9.93. The summed E-state index contributed by atoms with van der Waals surface area (Å²) in [6, 6.07) is 0. The zero-order valence-corrected chi connectivity index (χ0v) is 9.19. The second kappa shape index (κ2) is 3.74. The van der Waals surface area contributed by atoms with Crippen LogP contribution >= 0.6 is 0 Å². The van der Waals surface area contributed by atoms with Crippen molar-refractivity contribution in [3.8, 4) is 0 Å². The summed E-state index contributed by atoms with van der Waals surface area (Å²) in [6.07, 6.45) is 0.559. The quantitative estimate of drug-likeness (QED) is 0.745. The molecule has 1 heterocycles. The Balaban J connectivity index is 2.52. The van der Waals surface area contributed by atoms with E-state index in [2.05, 4.69) is 0 Å². The number of alkyl halides is 2. The summed E-state index contributed by atoms with van der Waals surface area (Å²) in [7, 11) is 0. The molecule has 1 aliphatic rings. The monoisotopic (exact) mass is 206 g/mol. The number of likely N-dealkylation sites (tertiary alicyclic amines) is 1. The van der Waals surface area contributed by atoms with Crippen LogP contribution in [0.3, 0.4) is 0 Å². The molecule has 1 rings (SSSR count). The van der Waals surface area contributed by atoms with Crippen LogP contribution in [0.1, 0.15) is 27.2 Å². The molecule has 0 bridgehead atoms. The maximum Gasteiger partial charge on any atom is 0.263 e. The second-order valence-electron chi connectivity index (χ2n) is 5.15. The zero-order chi connectivity index (χ0) is 11.0. The summed E-state index contributed by atoms with van der Waals surface area (Å²) in [5.41, 5.74) is 5.41. The van der Waals surface area contributed by atoms with Crippen LogP contribution in [0.2, 0.25) is 0 Å². The van der Waals surface area contributed by atoms with E-state index in [1.54, 1.807) is 11.8 Å². The van der Waals surface area contributed by atoms with Gasteiger partial charge in [-0.15, -0.1) is 0 Å². The summed E-state index contributed by atoms with van der Waals surface area (Å²) in [4.78, 5) is 1.76. The van der Waals surface area contributed by atoms with Gasteiger partial charge in [0.05, 0.1) is 6.54 Å². The first kappa shape index (κ1) is 11.9. The van der Waals surface area contributed by atoms with E-state index in [0.717, 1.165) is 6.54 Å². The lowest BCUT2D eigenvalue weighted by Crippen LogP contribution is -2.53. The predicted octanol–water partition coefficient (Wildman–Crippen LogP) is 1.70. The average Bonchev–Trinajstić information content (AvgIpc) is 1.93. The molecule has 1 fully saturated rings. The van der Waals surface area contributed by atoms with Crippen molar-refractivity contribution in [2.24, 2.45) is 11.7 Å². The maximum atomic E-state index is 13.3. The van der Waals surface area contributed by atoms with Gasteiger partial charge in [0, 0.05) is 18.0 Å². The van der Waals surface area contributed by atoms with E-state index in [9.17, 15) is 8.78 Å². The highest BCUT2D eigenvalue weighted by Gasteiger charge is 2.42. The van der Waals surface area contributed by atoms with Gasteiger partial charge in [-0.25, -0.2) is 8.78 Å². The molecule has 0 saturated carbocycles. The summed E-state index contributed by atoms with van der Waals surface area (Å²) in [5, 5.41) is 0. The molecule has 0 radical (unpaired) electrons. The summed E-state index contributed by atoms with van der Waals surface area (Å²) >= 11 is 0. The van der Waals surface area contributed by atoms with Crippen molar-refractivity contribution >= 4 is 0 Å². The molecule has 1 aliphatic heterocycles. The van der Waals surface area contributed by atoms with Crippen LogP contribution in [-0.4, -0.2) is 36.0 Å². The van der Waals surface area contributed by atoms with Crippen molar-refractivity contribution < 1.29 is 8.78 Å².